The summed E-state index contributed by atoms with van der Waals surface area (Å²) in [5.74, 6) is 2.30. The first kappa shape index (κ1) is 23.9. The molecule has 3 aliphatic rings. The number of hydrogen-bond acceptors (Lipinski definition) is 7. The zero-order chi connectivity index (χ0) is 25.5. The van der Waals surface area contributed by atoms with Crippen molar-refractivity contribution in [2.24, 2.45) is 0 Å². The van der Waals surface area contributed by atoms with Crippen molar-refractivity contribution in [3.8, 4) is 23.0 Å². The summed E-state index contributed by atoms with van der Waals surface area (Å²) in [5.41, 5.74) is 3.89. The fourth-order valence-corrected chi connectivity index (χ4v) is 5.20. The van der Waals surface area contributed by atoms with Gasteiger partial charge >= 0.3 is 0 Å². The summed E-state index contributed by atoms with van der Waals surface area (Å²) in [5, 5.41) is 11.4. The predicted molar refractivity (Wildman–Crippen MR) is 140 cm³/mol. The summed E-state index contributed by atoms with van der Waals surface area (Å²) in [6, 6.07) is 15.0. The number of aryl methyl sites for hydroxylation is 1. The molecule has 3 aliphatic heterocycles. The Morgan fingerprint density at radius 1 is 0.946 bits per heavy atom. The van der Waals surface area contributed by atoms with Crippen molar-refractivity contribution in [1.29, 1.82) is 0 Å². The van der Waals surface area contributed by atoms with Crippen LogP contribution in [0.1, 0.15) is 32.6 Å². The number of piperazine rings is 1. The third-order valence-corrected chi connectivity index (χ3v) is 7.33. The van der Waals surface area contributed by atoms with Crippen LogP contribution < -0.4 is 14.2 Å². The van der Waals surface area contributed by atoms with Crippen LogP contribution in [0.25, 0.3) is 6.08 Å². The summed E-state index contributed by atoms with van der Waals surface area (Å²) in [6.45, 7) is 6.92. The number of Topliss-reactive ketones (excluding diaryl/α,β-unsaturated/α-hetero) is 1. The Morgan fingerprint density at radius 2 is 1.65 bits per heavy atom. The standard InChI is InChI=1S/C29H27ClN2O5/c1-18-12-23(33)22(29-27(18)28(34)26(37-29)13-19-2-5-21(30)6-3-19)16-32-10-8-31(9-11-32)15-20-4-7-24-25(14-20)36-17-35-24/h2-7,12-14,33H,8-11,15-17H2,1H3/b26-13-. The molecule has 1 saturated heterocycles. The minimum Gasteiger partial charge on any atom is -0.507 e. The van der Waals surface area contributed by atoms with E-state index in [9.17, 15) is 9.90 Å². The molecule has 0 unspecified atom stereocenters. The molecule has 0 aliphatic carbocycles. The van der Waals surface area contributed by atoms with Crippen molar-refractivity contribution >= 4 is 23.5 Å². The van der Waals surface area contributed by atoms with E-state index in [1.54, 1.807) is 24.3 Å². The quantitative estimate of drug-likeness (QED) is 0.476. The lowest BCUT2D eigenvalue weighted by Crippen LogP contribution is -2.45. The molecule has 3 heterocycles. The number of hydrogen-bond donors (Lipinski definition) is 1. The van der Waals surface area contributed by atoms with Gasteiger partial charge in [0.25, 0.3) is 0 Å². The van der Waals surface area contributed by atoms with Crippen LogP contribution in [0.2, 0.25) is 5.02 Å². The van der Waals surface area contributed by atoms with Crippen LogP contribution >= 0.6 is 11.6 Å². The van der Waals surface area contributed by atoms with E-state index in [-0.39, 0.29) is 24.1 Å². The van der Waals surface area contributed by atoms with E-state index in [1.165, 1.54) is 5.56 Å². The van der Waals surface area contributed by atoms with Crippen molar-refractivity contribution in [2.45, 2.75) is 20.0 Å². The van der Waals surface area contributed by atoms with E-state index in [2.05, 4.69) is 15.9 Å². The number of ketones is 1. The van der Waals surface area contributed by atoms with Crippen LogP contribution in [0, 0.1) is 6.92 Å². The van der Waals surface area contributed by atoms with Crippen molar-refractivity contribution in [2.75, 3.05) is 33.0 Å². The minimum absolute atomic E-state index is 0.152. The number of benzene rings is 3. The van der Waals surface area contributed by atoms with E-state index >= 15 is 0 Å². The second-order valence-electron chi connectivity index (χ2n) is 9.63. The normalized spacial score (nSPS) is 18.3. The number of aromatic hydroxyl groups is 1. The molecule has 7 nitrogen and oxygen atoms in total. The number of fused-ring (bicyclic) bond motifs is 2. The molecule has 0 bridgehead atoms. The molecule has 0 amide bonds. The zero-order valence-electron chi connectivity index (χ0n) is 20.5. The van der Waals surface area contributed by atoms with Gasteiger partial charge in [0, 0.05) is 44.3 Å². The number of nitrogens with zero attached hydrogens (tertiary/aromatic N) is 2. The first-order chi connectivity index (χ1) is 17.9. The summed E-state index contributed by atoms with van der Waals surface area (Å²) in [7, 11) is 0. The lowest BCUT2D eigenvalue weighted by Gasteiger charge is -2.35. The minimum atomic E-state index is -0.169. The first-order valence-electron chi connectivity index (χ1n) is 12.3. The van der Waals surface area contributed by atoms with Gasteiger partial charge in [-0.05, 0) is 60.0 Å². The Morgan fingerprint density at radius 3 is 2.41 bits per heavy atom. The monoisotopic (exact) mass is 518 g/mol. The molecule has 6 rings (SSSR count). The summed E-state index contributed by atoms with van der Waals surface area (Å²) < 4.78 is 17.0. The number of phenolic OH excluding ortho intramolecular Hbond substituents is 1. The Balaban J connectivity index is 1.15. The van der Waals surface area contributed by atoms with Gasteiger partial charge < -0.3 is 19.3 Å². The third-order valence-electron chi connectivity index (χ3n) is 7.08. The van der Waals surface area contributed by atoms with E-state index in [4.69, 9.17) is 25.8 Å². The van der Waals surface area contributed by atoms with Crippen LogP contribution in [0.3, 0.4) is 0 Å². The molecule has 37 heavy (non-hydrogen) atoms. The molecule has 190 valence electrons. The maximum Gasteiger partial charge on any atom is 0.232 e. The van der Waals surface area contributed by atoms with Gasteiger partial charge in [0.05, 0.1) is 11.1 Å². The van der Waals surface area contributed by atoms with Crippen molar-refractivity contribution in [3.05, 3.63) is 87.1 Å². The summed E-state index contributed by atoms with van der Waals surface area (Å²) in [6.07, 6.45) is 1.72. The van der Waals surface area contributed by atoms with Crippen LogP contribution in [-0.2, 0) is 13.1 Å². The van der Waals surface area contributed by atoms with E-state index in [0.29, 0.717) is 34.0 Å². The molecule has 8 heteroatoms. The predicted octanol–water partition coefficient (Wildman–Crippen LogP) is 5.02. The molecular formula is C29H27ClN2O5. The molecule has 0 saturated carbocycles. The van der Waals surface area contributed by atoms with E-state index in [1.807, 2.05) is 31.2 Å². The van der Waals surface area contributed by atoms with Gasteiger partial charge in [-0.15, -0.1) is 0 Å². The SMILES string of the molecule is Cc1cc(O)c(CN2CCN(Cc3ccc4c(c3)OCO4)CC2)c2c1C(=O)/C(=C/c1ccc(Cl)cc1)O2. The maximum absolute atomic E-state index is 13.2. The number of phenols is 1. The summed E-state index contributed by atoms with van der Waals surface area (Å²) in [4.78, 5) is 17.9. The molecule has 3 aromatic carbocycles. The fourth-order valence-electron chi connectivity index (χ4n) is 5.07. The third kappa shape index (κ3) is 4.78. The summed E-state index contributed by atoms with van der Waals surface area (Å²) >= 11 is 5.99. The number of ether oxygens (including phenoxy) is 3. The average molecular weight is 519 g/mol. The second kappa shape index (κ2) is 9.74. The van der Waals surface area contributed by atoms with Gasteiger partial charge in [-0.25, -0.2) is 0 Å². The molecule has 3 aromatic rings. The number of allylic oxidation sites excluding steroid dienone is 1. The highest BCUT2D eigenvalue weighted by Gasteiger charge is 2.34. The lowest BCUT2D eigenvalue weighted by molar-refractivity contribution is 0.101. The average Bonchev–Trinajstić information content (AvgIpc) is 3.48. The van der Waals surface area contributed by atoms with Crippen molar-refractivity contribution < 1.29 is 24.1 Å². The Hall–Kier alpha value is -3.52. The van der Waals surface area contributed by atoms with Crippen LogP contribution in [0.4, 0.5) is 0 Å². The Bertz CT molecular complexity index is 1390. The zero-order valence-corrected chi connectivity index (χ0v) is 21.3. The van der Waals surface area contributed by atoms with Crippen molar-refractivity contribution in [1.82, 2.24) is 9.80 Å². The molecule has 0 aromatic heterocycles. The van der Waals surface area contributed by atoms with E-state index in [0.717, 1.165) is 49.8 Å². The molecule has 0 radical (unpaired) electrons. The largest absolute Gasteiger partial charge is 0.507 e. The number of carbonyl (C=O) groups is 1. The molecule has 1 fully saturated rings. The van der Waals surface area contributed by atoms with Gasteiger partial charge in [-0.3, -0.25) is 14.6 Å². The Kier molecular flexibility index (Phi) is 6.28. The topological polar surface area (TPSA) is 71.5 Å². The maximum atomic E-state index is 13.2. The molecular weight excluding hydrogens is 492 g/mol. The smallest absolute Gasteiger partial charge is 0.232 e. The van der Waals surface area contributed by atoms with Gasteiger partial charge in [-0.1, -0.05) is 29.8 Å². The van der Waals surface area contributed by atoms with Crippen molar-refractivity contribution in [3.63, 3.8) is 0 Å². The van der Waals surface area contributed by atoms with Crippen LogP contribution in [0.15, 0.2) is 54.3 Å². The fraction of sp³-hybridized carbons (Fsp3) is 0.276. The van der Waals surface area contributed by atoms with Gasteiger partial charge in [0.1, 0.15) is 11.5 Å². The van der Waals surface area contributed by atoms with Crippen LogP contribution in [-0.4, -0.2) is 53.7 Å². The number of halogens is 1. The lowest BCUT2D eigenvalue weighted by atomic mass is 9.99. The van der Waals surface area contributed by atoms with E-state index < -0.39 is 0 Å². The second-order valence-corrected chi connectivity index (χ2v) is 10.1. The highest BCUT2D eigenvalue weighted by atomic mass is 35.5. The molecule has 0 spiro atoms. The van der Waals surface area contributed by atoms with Gasteiger partial charge in [-0.2, -0.15) is 0 Å². The first-order valence-corrected chi connectivity index (χ1v) is 12.7. The Labute approximate surface area is 220 Å². The van der Waals surface area contributed by atoms with Gasteiger partial charge in [0.2, 0.25) is 12.6 Å². The molecule has 1 N–H and O–H groups in total. The highest BCUT2D eigenvalue weighted by molar-refractivity contribution is 6.30. The highest BCUT2D eigenvalue weighted by Crippen LogP contribution is 2.42. The molecule has 0 atom stereocenters. The number of carbonyl (C=O) groups excluding carboxylic acids is 1. The van der Waals surface area contributed by atoms with Gasteiger partial charge in [0.15, 0.2) is 17.3 Å². The van der Waals surface area contributed by atoms with Crippen LogP contribution in [0.5, 0.6) is 23.0 Å². The number of rotatable bonds is 5.